The maximum Gasteiger partial charge on any atom is 0.143 e. The summed E-state index contributed by atoms with van der Waals surface area (Å²) in [6.07, 6.45) is 3.29. The molecule has 0 radical (unpaired) electrons. The van der Waals surface area contributed by atoms with Crippen molar-refractivity contribution < 1.29 is 0 Å². The van der Waals surface area contributed by atoms with Gasteiger partial charge >= 0.3 is 0 Å². The smallest absolute Gasteiger partial charge is 0.143 e. The molecule has 64 valence electrons. The molecule has 0 aromatic carbocycles. The van der Waals surface area contributed by atoms with Crippen molar-refractivity contribution in [2.24, 2.45) is 5.84 Å². The molecule has 4 heteroatoms. The Morgan fingerprint density at radius 2 is 2.50 bits per heavy atom. The van der Waals surface area contributed by atoms with Gasteiger partial charge in [-0.15, -0.1) is 0 Å². The Morgan fingerprint density at radius 3 is 3.00 bits per heavy atom. The van der Waals surface area contributed by atoms with Crippen LogP contribution in [0, 0.1) is 5.41 Å². The number of pyridine rings is 1. The van der Waals surface area contributed by atoms with E-state index in [1.807, 2.05) is 13.0 Å². The van der Waals surface area contributed by atoms with Crippen molar-refractivity contribution in [2.75, 3.05) is 6.54 Å². The van der Waals surface area contributed by atoms with Gasteiger partial charge in [0, 0.05) is 24.5 Å². The van der Waals surface area contributed by atoms with Gasteiger partial charge in [0.1, 0.15) is 5.84 Å². The lowest BCUT2D eigenvalue weighted by atomic mass is 10.2. The van der Waals surface area contributed by atoms with E-state index in [1.165, 1.54) is 5.01 Å². The van der Waals surface area contributed by atoms with Gasteiger partial charge in [0.2, 0.25) is 0 Å². The number of amidine groups is 1. The minimum absolute atomic E-state index is 0.297. The van der Waals surface area contributed by atoms with Gasteiger partial charge in [0.25, 0.3) is 0 Å². The van der Waals surface area contributed by atoms with Crippen molar-refractivity contribution >= 4 is 5.84 Å². The highest BCUT2D eigenvalue weighted by Crippen LogP contribution is 1.98. The maximum absolute atomic E-state index is 7.60. The van der Waals surface area contributed by atoms with Crippen LogP contribution in [0.3, 0.4) is 0 Å². The van der Waals surface area contributed by atoms with Crippen molar-refractivity contribution in [3.63, 3.8) is 0 Å². The first-order valence-corrected chi connectivity index (χ1v) is 3.77. The van der Waals surface area contributed by atoms with Gasteiger partial charge in [-0.3, -0.25) is 15.4 Å². The molecule has 0 saturated heterocycles. The Morgan fingerprint density at radius 1 is 1.75 bits per heavy atom. The number of hydrogen-bond donors (Lipinski definition) is 2. The number of hydrogen-bond acceptors (Lipinski definition) is 3. The van der Waals surface area contributed by atoms with E-state index >= 15 is 0 Å². The van der Waals surface area contributed by atoms with Gasteiger partial charge in [-0.25, -0.2) is 5.84 Å². The van der Waals surface area contributed by atoms with Crippen LogP contribution in [0.2, 0.25) is 0 Å². The Balaban J connectivity index is 2.79. The Labute approximate surface area is 71.5 Å². The predicted octanol–water partition coefficient (Wildman–Crippen LogP) is 0.603. The van der Waals surface area contributed by atoms with E-state index in [1.54, 1.807) is 18.5 Å². The highest BCUT2D eigenvalue weighted by atomic mass is 15.4. The van der Waals surface area contributed by atoms with Crippen LogP contribution in [0.25, 0.3) is 0 Å². The van der Waals surface area contributed by atoms with E-state index in [0.29, 0.717) is 12.4 Å². The molecule has 1 aromatic heterocycles. The number of nitrogens with zero attached hydrogens (tertiary/aromatic N) is 2. The quantitative estimate of drug-likeness (QED) is 0.291. The van der Waals surface area contributed by atoms with Crippen LogP contribution in [0.5, 0.6) is 0 Å². The molecule has 1 heterocycles. The average Bonchev–Trinajstić information content (AvgIpc) is 2.17. The predicted molar refractivity (Wildman–Crippen MR) is 47.6 cm³/mol. The lowest BCUT2D eigenvalue weighted by Crippen LogP contribution is -2.37. The highest BCUT2D eigenvalue weighted by Gasteiger charge is 2.04. The molecule has 1 aromatic rings. The summed E-state index contributed by atoms with van der Waals surface area (Å²) in [6.45, 7) is 2.51. The summed E-state index contributed by atoms with van der Waals surface area (Å²) in [5.41, 5.74) is 0.738. The van der Waals surface area contributed by atoms with E-state index in [9.17, 15) is 0 Å². The zero-order valence-corrected chi connectivity index (χ0v) is 6.99. The first kappa shape index (κ1) is 8.67. The van der Waals surface area contributed by atoms with Crippen LogP contribution in [0.1, 0.15) is 12.5 Å². The molecule has 0 spiro atoms. The van der Waals surface area contributed by atoms with Crippen molar-refractivity contribution in [3.8, 4) is 0 Å². The van der Waals surface area contributed by atoms with Crippen LogP contribution in [-0.4, -0.2) is 22.4 Å². The molecule has 3 N–H and O–H groups in total. The van der Waals surface area contributed by atoms with Crippen LogP contribution < -0.4 is 5.84 Å². The number of nitrogens with one attached hydrogen (secondary N) is 1. The van der Waals surface area contributed by atoms with Crippen molar-refractivity contribution in [1.82, 2.24) is 9.99 Å². The minimum Gasteiger partial charge on any atom is -0.295 e. The second-order valence-electron chi connectivity index (χ2n) is 2.38. The van der Waals surface area contributed by atoms with Gasteiger partial charge in [-0.1, -0.05) is 0 Å². The zero-order chi connectivity index (χ0) is 8.97. The fraction of sp³-hybridized carbons (Fsp3) is 0.250. The number of hydrazine groups is 1. The molecule has 0 aliphatic rings. The standard InChI is InChI=1S/C8H12N4/c1-2-12(10)8(9)7-4-3-5-11-6-7/h3-6,9H,2,10H2,1H3. The summed E-state index contributed by atoms with van der Waals surface area (Å²) >= 11 is 0. The van der Waals surface area contributed by atoms with Gasteiger partial charge in [0.05, 0.1) is 0 Å². The summed E-state index contributed by atoms with van der Waals surface area (Å²) in [5.74, 6) is 5.83. The number of aromatic nitrogens is 1. The van der Waals surface area contributed by atoms with Gasteiger partial charge < -0.3 is 0 Å². The molecule has 0 atom stereocenters. The molecular formula is C8H12N4. The van der Waals surface area contributed by atoms with E-state index in [0.717, 1.165) is 5.56 Å². The number of rotatable bonds is 2. The normalized spacial score (nSPS) is 9.50. The summed E-state index contributed by atoms with van der Waals surface area (Å²) < 4.78 is 0. The van der Waals surface area contributed by atoms with E-state index in [2.05, 4.69) is 4.98 Å². The molecule has 0 aliphatic carbocycles. The molecule has 1 rings (SSSR count). The third-order valence-electron chi connectivity index (χ3n) is 1.56. The van der Waals surface area contributed by atoms with Gasteiger partial charge in [0.15, 0.2) is 0 Å². The van der Waals surface area contributed by atoms with Crippen LogP contribution >= 0.6 is 0 Å². The first-order chi connectivity index (χ1) is 5.75. The second-order valence-corrected chi connectivity index (χ2v) is 2.38. The molecular weight excluding hydrogens is 152 g/mol. The highest BCUT2D eigenvalue weighted by molar-refractivity contribution is 5.95. The molecule has 4 nitrogen and oxygen atoms in total. The fourth-order valence-electron chi connectivity index (χ4n) is 0.827. The minimum atomic E-state index is 0.297. The summed E-state index contributed by atoms with van der Waals surface area (Å²) in [6, 6.07) is 3.60. The van der Waals surface area contributed by atoms with Crippen LogP contribution in [0.15, 0.2) is 24.5 Å². The molecule has 0 unspecified atom stereocenters. The molecule has 0 bridgehead atoms. The van der Waals surface area contributed by atoms with Gasteiger partial charge in [-0.05, 0) is 19.1 Å². The maximum atomic E-state index is 7.60. The van der Waals surface area contributed by atoms with Crippen molar-refractivity contribution in [3.05, 3.63) is 30.1 Å². The summed E-state index contributed by atoms with van der Waals surface area (Å²) in [4.78, 5) is 3.90. The summed E-state index contributed by atoms with van der Waals surface area (Å²) in [7, 11) is 0. The Kier molecular flexibility index (Phi) is 2.76. The van der Waals surface area contributed by atoms with E-state index < -0.39 is 0 Å². The van der Waals surface area contributed by atoms with E-state index in [-0.39, 0.29) is 0 Å². The average molecular weight is 164 g/mol. The largest absolute Gasteiger partial charge is 0.295 e. The molecule has 0 saturated carbocycles. The van der Waals surface area contributed by atoms with E-state index in [4.69, 9.17) is 11.3 Å². The van der Waals surface area contributed by atoms with Gasteiger partial charge in [-0.2, -0.15) is 0 Å². The molecule has 0 amide bonds. The third kappa shape index (κ3) is 1.79. The topological polar surface area (TPSA) is 66.0 Å². The van der Waals surface area contributed by atoms with Crippen LogP contribution in [0.4, 0.5) is 0 Å². The monoisotopic (exact) mass is 164 g/mol. The van der Waals surface area contributed by atoms with Crippen LogP contribution in [-0.2, 0) is 0 Å². The fourth-order valence-corrected chi connectivity index (χ4v) is 0.827. The Hall–Kier alpha value is -1.42. The third-order valence-corrected chi connectivity index (χ3v) is 1.56. The lowest BCUT2D eigenvalue weighted by molar-refractivity contribution is 0.463. The number of nitrogens with two attached hydrogens (primary N) is 1. The SMILES string of the molecule is CCN(N)C(=N)c1cccnc1. The second kappa shape index (κ2) is 3.82. The first-order valence-electron chi connectivity index (χ1n) is 3.77. The molecule has 0 fully saturated rings. The Bertz CT molecular complexity index is 257. The van der Waals surface area contributed by atoms with Crippen molar-refractivity contribution in [1.29, 1.82) is 5.41 Å². The lowest BCUT2D eigenvalue weighted by Gasteiger charge is -2.16. The molecule has 12 heavy (non-hydrogen) atoms. The molecule has 0 aliphatic heterocycles. The van der Waals surface area contributed by atoms with Crippen molar-refractivity contribution in [2.45, 2.75) is 6.92 Å². The zero-order valence-electron chi connectivity index (χ0n) is 6.99. The summed E-state index contributed by atoms with van der Waals surface area (Å²) in [5, 5.41) is 8.97.